The molecule has 2 aromatic heterocycles. The van der Waals surface area contributed by atoms with Crippen molar-refractivity contribution in [2.75, 3.05) is 12.9 Å². The molecule has 1 N–H and O–H groups in total. The molecule has 8 heteroatoms. The zero-order valence-corrected chi connectivity index (χ0v) is 11.2. The van der Waals surface area contributed by atoms with E-state index >= 15 is 0 Å². The van der Waals surface area contributed by atoms with Crippen molar-refractivity contribution in [1.82, 2.24) is 19.7 Å². The second-order valence-corrected chi connectivity index (χ2v) is 4.54. The normalized spacial score (nSPS) is 10.4. The maximum absolute atomic E-state index is 10.6. The van der Waals surface area contributed by atoms with Gasteiger partial charge in [-0.1, -0.05) is 11.8 Å². The molecule has 0 bridgehead atoms. The van der Waals surface area contributed by atoms with Crippen molar-refractivity contribution in [3.63, 3.8) is 0 Å². The number of rotatable bonds is 5. The monoisotopic (exact) mass is 280 g/mol. The lowest BCUT2D eigenvalue weighted by atomic mass is 10.2. The fourth-order valence-electron chi connectivity index (χ4n) is 1.46. The van der Waals surface area contributed by atoms with Crippen LogP contribution in [0.2, 0.25) is 0 Å². The number of aliphatic carboxylic acids is 1. The van der Waals surface area contributed by atoms with E-state index in [2.05, 4.69) is 15.1 Å². The maximum Gasteiger partial charge on any atom is 0.313 e. The molecule has 2 heterocycles. The van der Waals surface area contributed by atoms with Gasteiger partial charge in [-0.2, -0.15) is 5.10 Å². The summed E-state index contributed by atoms with van der Waals surface area (Å²) in [7, 11) is 3.26. The lowest BCUT2D eigenvalue weighted by Gasteiger charge is -2.02. The number of aryl methyl sites for hydroxylation is 1. The van der Waals surface area contributed by atoms with Gasteiger partial charge in [-0.05, 0) is 6.07 Å². The largest absolute Gasteiger partial charge is 0.494 e. The minimum absolute atomic E-state index is 0.0561. The summed E-state index contributed by atoms with van der Waals surface area (Å²) >= 11 is 1.12. The van der Waals surface area contributed by atoms with Gasteiger partial charge in [-0.25, -0.2) is 9.67 Å². The molecule has 0 saturated carbocycles. The average Bonchev–Trinajstić information content (AvgIpc) is 2.77. The van der Waals surface area contributed by atoms with Crippen LogP contribution in [0.15, 0.2) is 23.6 Å². The highest BCUT2D eigenvalue weighted by molar-refractivity contribution is 7.99. The summed E-state index contributed by atoms with van der Waals surface area (Å²) in [6.07, 6.45) is 3.20. The number of carbonyl (C=O) groups is 1. The molecule has 0 aromatic carbocycles. The van der Waals surface area contributed by atoms with Crippen LogP contribution in [-0.2, 0) is 11.8 Å². The highest BCUT2D eigenvalue weighted by Gasteiger charge is 2.14. The van der Waals surface area contributed by atoms with Gasteiger partial charge in [0.1, 0.15) is 5.75 Å². The number of nitrogens with zero attached hydrogens (tertiary/aromatic N) is 4. The Bertz CT molecular complexity index is 599. The predicted molar refractivity (Wildman–Crippen MR) is 69.1 cm³/mol. The van der Waals surface area contributed by atoms with Crippen LogP contribution in [-0.4, -0.2) is 43.7 Å². The highest BCUT2D eigenvalue weighted by Crippen LogP contribution is 2.27. The number of carboxylic acids is 1. The zero-order valence-electron chi connectivity index (χ0n) is 10.4. The molecular formula is C11H12N4O3S. The molecule has 2 rings (SSSR count). The van der Waals surface area contributed by atoms with E-state index in [1.807, 2.05) is 0 Å². The van der Waals surface area contributed by atoms with Crippen LogP contribution < -0.4 is 4.74 Å². The highest BCUT2D eigenvalue weighted by atomic mass is 32.2. The number of hydrogen-bond donors (Lipinski definition) is 1. The standard InChI is InChI=1S/C11H12N4O3S/c1-15-11(19-6-9(16)17)13-10(14-15)7-3-4-12-5-8(7)18-2/h3-5H,6H2,1-2H3,(H,16,17). The fraction of sp³-hybridized carbons (Fsp3) is 0.273. The van der Waals surface area contributed by atoms with Crippen molar-refractivity contribution < 1.29 is 14.6 Å². The number of aromatic nitrogens is 4. The number of pyridine rings is 1. The van der Waals surface area contributed by atoms with Crippen molar-refractivity contribution in [2.24, 2.45) is 7.05 Å². The Hall–Kier alpha value is -2.09. The van der Waals surface area contributed by atoms with Crippen molar-refractivity contribution in [3.8, 4) is 17.1 Å². The van der Waals surface area contributed by atoms with E-state index in [1.165, 1.54) is 0 Å². The number of hydrogen-bond acceptors (Lipinski definition) is 6. The van der Waals surface area contributed by atoms with Crippen molar-refractivity contribution in [1.29, 1.82) is 0 Å². The number of carboxylic acid groups (broad SMARTS) is 1. The molecule has 0 saturated heterocycles. The number of methoxy groups -OCH3 is 1. The van der Waals surface area contributed by atoms with Crippen molar-refractivity contribution >= 4 is 17.7 Å². The molecule has 7 nitrogen and oxygen atoms in total. The molecule has 19 heavy (non-hydrogen) atoms. The molecule has 0 unspecified atom stereocenters. The van der Waals surface area contributed by atoms with Crippen LogP contribution in [0.1, 0.15) is 0 Å². The SMILES string of the molecule is COc1cnccc1-c1nc(SCC(=O)O)n(C)n1. The zero-order chi connectivity index (χ0) is 13.8. The first-order chi connectivity index (χ1) is 9.11. The van der Waals surface area contributed by atoms with Gasteiger partial charge in [-0.15, -0.1) is 0 Å². The van der Waals surface area contributed by atoms with Crippen LogP contribution in [0, 0.1) is 0 Å². The summed E-state index contributed by atoms with van der Waals surface area (Å²) in [4.78, 5) is 18.8. The summed E-state index contributed by atoms with van der Waals surface area (Å²) in [5.41, 5.74) is 0.718. The first-order valence-corrected chi connectivity index (χ1v) is 6.34. The van der Waals surface area contributed by atoms with Crippen LogP contribution >= 0.6 is 11.8 Å². The van der Waals surface area contributed by atoms with Crippen LogP contribution in [0.4, 0.5) is 0 Å². The summed E-state index contributed by atoms with van der Waals surface area (Å²) < 4.78 is 6.74. The molecule has 0 aliphatic heterocycles. The van der Waals surface area contributed by atoms with Gasteiger partial charge >= 0.3 is 5.97 Å². The Morgan fingerprint density at radius 2 is 2.37 bits per heavy atom. The third-order valence-electron chi connectivity index (χ3n) is 2.29. The second kappa shape index (κ2) is 5.70. The van der Waals surface area contributed by atoms with E-state index in [4.69, 9.17) is 9.84 Å². The molecule has 0 atom stereocenters. The Labute approximate surface area is 113 Å². The minimum atomic E-state index is -0.893. The first kappa shape index (κ1) is 13.3. The smallest absolute Gasteiger partial charge is 0.313 e. The van der Waals surface area contributed by atoms with E-state index in [-0.39, 0.29) is 5.75 Å². The van der Waals surface area contributed by atoms with Crippen LogP contribution in [0.3, 0.4) is 0 Å². The molecule has 0 aliphatic rings. The third-order valence-corrected chi connectivity index (χ3v) is 3.30. The molecule has 0 aliphatic carbocycles. The van der Waals surface area contributed by atoms with Crippen molar-refractivity contribution in [3.05, 3.63) is 18.5 Å². The van der Waals surface area contributed by atoms with E-state index in [0.717, 1.165) is 17.3 Å². The topological polar surface area (TPSA) is 90.1 Å². The summed E-state index contributed by atoms with van der Waals surface area (Å²) in [6, 6.07) is 1.75. The third kappa shape index (κ3) is 3.02. The van der Waals surface area contributed by atoms with E-state index in [0.29, 0.717) is 16.7 Å². The summed E-state index contributed by atoms with van der Waals surface area (Å²) in [5.74, 6) is 0.105. The lowest BCUT2D eigenvalue weighted by Crippen LogP contribution is -2.00. The van der Waals surface area contributed by atoms with E-state index < -0.39 is 5.97 Å². The Kier molecular flexibility index (Phi) is 4.00. The van der Waals surface area contributed by atoms with Crippen LogP contribution in [0.25, 0.3) is 11.4 Å². The van der Waals surface area contributed by atoms with Gasteiger partial charge in [0.15, 0.2) is 11.0 Å². The molecule has 0 radical (unpaired) electrons. The van der Waals surface area contributed by atoms with E-state index in [9.17, 15) is 4.79 Å². The fourth-order valence-corrected chi connectivity index (χ4v) is 2.09. The van der Waals surface area contributed by atoms with Gasteiger partial charge in [-0.3, -0.25) is 9.78 Å². The molecule has 0 amide bonds. The lowest BCUT2D eigenvalue weighted by molar-refractivity contribution is -0.133. The number of thioether (sulfide) groups is 1. The Morgan fingerprint density at radius 3 is 3.05 bits per heavy atom. The molecule has 0 fully saturated rings. The maximum atomic E-state index is 10.6. The summed E-state index contributed by atoms with van der Waals surface area (Å²) in [5, 5.41) is 13.5. The van der Waals surface area contributed by atoms with Crippen LogP contribution in [0.5, 0.6) is 5.75 Å². The average molecular weight is 280 g/mol. The van der Waals surface area contributed by atoms with Gasteiger partial charge in [0.25, 0.3) is 0 Å². The quantitative estimate of drug-likeness (QED) is 0.819. The molecule has 100 valence electrons. The van der Waals surface area contributed by atoms with Gasteiger partial charge in [0, 0.05) is 13.2 Å². The number of ether oxygens (including phenoxy) is 1. The first-order valence-electron chi connectivity index (χ1n) is 5.36. The summed E-state index contributed by atoms with van der Waals surface area (Å²) in [6.45, 7) is 0. The minimum Gasteiger partial charge on any atom is -0.494 e. The van der Waals surface area contributed by atoms with Gasteiger partial charge in [0.2, 0.25) is 0 Å². The van der Waals surface area contributed by atoms with Crippen molar-refractivity contribution in [2.45, 2.75) is 5.16 Å². The molecule has 0 spiro atoms. The molecule has 2 aromatic rings. The van der Waals surface area contributed by atoms with E-state index in [1.54, 1.807) is 37.3 Å². The van der Waals surface area contributed by atoms with Gasteiger partial charge in [0.05, 0.1) is 24.6 Å². The second-order valence-electron chi connectivity index (χ2n) is 3.60. The molecular weight excluding hydrogens is 268 g/mol. The Morgan fingerprint density at radius 1 is 1.58 bits per heavy atom. The van der Waals surface area contributed by atoms with Gasteiger partial charge < -0.3 is 9.84 Å². The predicted octanol–water partition coefficient (Wildman–Crippen LogP) is 1.06. The Balaban J connectivity index is 2.31.